The van der Waals surface area contributed by atoms with E-state index in [4.69, 9.17) is 9.47 Å². The van der Waals surface area contributed by atoms with Crippen LogP contribution in [0, 0.1) is 11.8 Å². The van der Waals surface area contributed by atoms with Gasteiger partial charge in [0.25, 0.3) is 0 Å². The van der Waals surface area contributed by atoms with E-state index in [-0.39, 0.29) is 64.4 Å². The molecular weight excluding hydrogens is 540 g/mol. The van der Waals surface area contributed by atoms with Gasteiger partial charge in [0.1, 0.15) is 22.8 Å². The number of benzene rings is 1. The van der Waals surface area contributed by atoms with Gasteiger partial charge in [0.05, 0.1) is 11.7 Å². The number of fused-ring (bicyclic) bond motifs is 1. The summed E-state index contributed by atoms with van der Waals surface area (Å²) < 4.78 is 13.4. The number of allylic oxidation sites excluding steroid dienone is 3. The van der Waals surface area contributed by atoms with Crippen LogP contribution in [-0.4, -0.2) is 60.9 Å². The van der Waals surface area contributed by atoms with Crippen molar-refractivity contribution in [3.05, 3.63) is 63.8 Å². The number of aromatic hydroxyl groups is 2. The molecule has 0 aromatic heterocycles. The highest BCUT2D eigenvalue weighted by atomic mass is 16.6. The van der Waals surface area contributed by atoms with Gasteiger partial charge < -0.3 is 29.9 Å². The Morgan fingerprint density at radius 1 is 1.12 bits per heavy atom. The molecule has 2 heterocycles. The monoisotopic (exact) mass is 578 g/mol. The summed E-state index contributed by atoms with van der Waals surface area (Å²) >= 11 is 0. The van der Waals surface area contributed by atoms with E-state index in [1.54, 1.807) is 19.1 Å². The first-order valence-corrected chi connectivity index (χ1v) is 14.2. The lowest BCUT2D eigenvalue weighted by atomic mass is 9.51. The summed E-state index contributed by atoms with van der Waals surface area (Å²) in [6.45, 7) is 14.2. The molecule has 6 rings (SSSR count). The molecule has 0 radical (unpaired) electrons. The molecule has 9 heteroatoms. The number of carboxylic acid groups (broad SMARTS) is 1. The fourth-order valence-corrected chi connectivity index (χ4v) is 7.20. The van der Waals surface area contributed by atoms with Crippen LogP contribution in [0.4, 0.5) is 0 Å². The van der Waals surface area contributed by atoms with Crippen LogP contribution in [-0.2, 0) is 27.2 Å². The average molecular weight is 579 g/mol. The number of rotatable bonds is 8. The molecule has 2 fully saturated rings. The third-order valence-electron chi connectivity index (χ3n) is 9.40. The van der Waals surface area contributed by atoms with Gasteiger partial charge >= 0.3 is 5.97 Å². The highest BCUT2D eigenvalue weighted by Crippen LogP contribution is 2.68. The summed E-state index contributed by atoms with van der Waals surface area (Å²) in [6, 6.07) is 0. The number of Topliss-reactive ketones (excluding diaryl/α,β-unsaturated/α-hetero) is 2. The Morgan fingerprint density at radius 3 is 2.38 bits per heavy atom. The first-order valence-electron chi connectivity index (χ1n) is 14.2. The Balaban J connectivity index is 1.81. The lowest BCUT2D eigenvalue weighted by molar-refractivity contribution is -0.171. The number of ether oxygens (including phenoxy) is 2. The number of carbonyl (C=O) groups is 3. The van der Waals surface area contributed by atoms with Crippen LogP contribution in [0.3, 0.4) is 0 Å². The highest BCUT2D eigenvalue weighted by molar-refractivity contribution is 6.18. The zero-order valence-corrected chi connectivity index (χ0v) is 24.8. The number of aliphatic carboxylic acids is 1. The molecule has 9 nitrogen and oxygen atoms in total. The summed E-state index contributed by atoms with van der Waals surface area (Å²) in [4.78, 5) is 40.3. The van der Waals surface area contributed by atoms with Crippen molar-refractivity contribution in [2.45, 2.75) is 90.1 Å². The van der Waals surface area contributed by atoms with E-state index in [0.717, 1.165) is 5.57 Å². The molecule has 5 aliphatic rings. The van der Waals surface area contributed by atoms with Crippen molar-refractivity contribution in [1.29, 1.82) is 0 Å². The molecule has 2 aliphatic heterocycles. The Labute approximate surface area is 244 Å². The molecular formula is C33H38O9. The topological polar surface area (TPSA) is 151 Å². The second-order valence-electron chi connectivity index (χ2n) is 12.8. The number of hydrogen-bond acceptors (Lipinski definition) is 8. The number of ketones is 2. The number of carbonyl (C=O) groups excluding carboxylic acids is 2. The highest BCUT2D eigenvalue weighted by Gasteiger charge is 2.81. The molecule has 42 heavy (non-hydrogen) atoms. The number of aliphatic hydroxyl groups excluding tert-OH is 1. The van der Waals surface area contributed by atoms with E-state index >= 15 is 0 Å². The predicted octanol–water partition coefficient (Wildman–Crippen LogP) is 4.51. The van der Waals surface area contributed by atoms with Crippen molar-refractivity contribution in [2.24, 2.45) is 11.8 Å². The van der Waals surface area contributed by atoms with Gasteiger partial charge in [-0.05, 0) is 54.4 Å². The zero-order valence-electron chi connectivity index (χ0n) is 24.8. The minimum atomic E-state index is -1.73. The lowest BCUT2D eigenvalue weighted by Gasteiger charge is -2.56. The smallest absolute Gasteiger partial charge is 0.330 e. The zero-order chi connectivity index (χ0) is 31.1. The average Bonchev–Trinajstić information content (AvgIpc) is 3.06. The molecule has 1 aromatic carbocycles. The van der Waals surface area contributed by atoms with E-state index in [1.807, 2.05) is 27.7 Å². The van der Waals surface area contributed by atoms with Crippen LogP contribution in [0.2, 0.25) is 0 Å². The molecule has 1 saturated carbocycles. The van der Waals surface area contributed by atoms with Crippen LogP contribution in [0.25, 0.3) is 0 Å². The van der Waals surface area contributed by atoms with Gasteiger partial charge in [0, 0.05) is 47.0 Å². The largest absolute Gasteiger partial charge is 0.507 e. The Bertz CT molecular complexity index is 1540. The van der Waals surface area contributed by atoms with E-state index in [2.05, 4.69) is 6.58 Å². The molecule has 4 bridgehead atoms. The van der Waals surface area contributed by atoms with Crippen LogP contribution in [0.15, 0.2) is 47.1 Å². The van der Waals surface area contributed by atoms with Gasteiger partial charge in [-0.2, -0.15) is 0 Å². The minimum absolute atomic E-state index is 0.0115. The predicted molar refractivity (Wildman–Crippen MR) is 154 cm³/mol. The van der Waals surface area contributed by atoms with Gasteiger partial charge in [0.2, 0.25) is 0 Å². The van der Waals surface area contributed by atoms with Crippen molar-refractivity contribution in [3.63, 3.8) is 0 Å². The molecule has 1 aromatic rings. The van der Waals surface area contributed by atoms with Gasteiger partial charge in [-0.15, -0.1) is 0 Å². The van der Waals surface area contributed by atoms with Crippen LogP contribution in [0.1, 0.15) is 75.9 Å². The van der Waals surface area contributed by atoms with Gasteiger partial charge in [0.15, 0.2) is 22.8 Å². The number of aliphatic hydroxyl groups is 1. The normalized spacial score (nSPS) is 29.3. The van der Waals surface area contributed by atoms with Crippen molar-refractivity contribution in [3.8, 4) is 17.2 Å². The van der Waals surface area contributed by atoms with Crippen molar-refractivity contribution in [2.75, 3.05) is 0 Å². The Kier molecular flexibility index (Phi) is 6.86. The molecule has 5 atom stereocenters. The molecule has 224 valence electrons. The fraction of sp³-hybridized carbons (Fsp3) is 0.485. The summed E-state index contributed by atoms with van der Waals surface area (Å²) in [7, 11) is 0. The van der Waals surface area contributed by atoms with Gasteiger partial charge in [-0.3, -0.25) is 9.59 Å². The molecule has 1 saturated heterocycles. The third kappa shape index (κ3) is 3.93. The SMILES string of the molecule is C=C(C)C(O)Cc1c(O)c(CC=C(C)C)c(O)c2c1O[C@@]13C(=C[C@H]4CC1C(C)(C)O[C@]3(C/C=C(/C)C(=O)O)C4=O)C2=O. The van der Waals surface area contributed by atoms with E-state index in [1.165, 1.54) is 13.0 Å². The van der Waals surface area contributed by atoms with E-state index in [9.17, 15) is 34.8 Å². The summed E-state index contributed by atoms with van der Waals surface area (Å²) in [5.41, 5.74) is -2.68. The summed E-state index contributed by atoms with van der Waals surface area (Å²) in [5, 5.41) is 43.3. The fourth-order valence-electron chi connectivity index (χ4n) is 7.20. The van der Waals surface area contributed by atoms with E-state index < -0.39 is 52.2 Å². The maximum atomic E-state index is 14.5. The molecule has 1 spiro atoms. The number of phenolic OH excluding ortho intramolecular Hbond substituents is 2. The first-order chi connectivity index (χ1) is 19.5. The first kappa shape index (κ1) is 29.8. The van der Waals surface area contributed by atoms with Crippen molar-refractivity contribution in [1.82, 2.24) is 0 Å². The Hall–Kier alpha value is -3.69. The maximum absolute atomic E-state index is 14.5. The Morgan fingerprint density at radius 2 is 1.79 bits per heavy atom. The third-order valence-corrected chi connectivity index (χ3v) is 9.40. The molecule has 2 unspecified atom stereocenters. The maximum Gasteiger partial charge on any atom is 0.330 e. The standard InChI is InChI=1S/C33H38O9/c1-15(2)8-9-19-25(35)20(14-22(34)16(3)4)28-24(26(19)36)27(37)21-12-18-13-23-31(6,7)42-32(29(18)38,33(21,23)41-28)11-10-17(5)30(39)40/h8,10,12,18,22-23,34-36H,3,9,11,13-14H2,1-2,4-7H3,(H,39,40)/b17-10-/t18-,22?,23?,32+,33-/m0/s1. The minimum Gasteiger partial charge on any atom is -0.507 e. The number of carboxylic acids is 1. The molecule has 3 aliphatic carbocycles. The van der Waals surface area contributed by atoms with Gasteiger partial charge in [-0.1, -0.05) is 36.0 Å². The second kappa shape index (κ2) is 9.67. The van der Waals surface area contributed by atoms with E-state index in [0.29, 0.717) is 12.0 Å². The number of hydrogen-bond donors (Lipinski definition) is 4. The van der Waals surface area contributed by atoms with Crippen LogP contribution in [0.5, 0.6) is 17.2 Å². The number of phenols is 2. The van der Waals surface area contributed by atoms with Crippen LogP contribution < -0.4 is 4.74 Å². The van der Waals surface area contributed by atoms with Crippen molar-refractivity contribution < 1.29 is 44.3 Å². The lowest BCUT2D eigenvalue weighted by Crippen LogP contribution is -2.72. The molecule has 4 N–H and O–H groups in total. The molecule has 0 amide bonds. The quantitative estimate of drug-likeness (QED) is 0.258. The summed E-state index contributed by atoms with van der Waals surface area (Å²) in [6.07, 6.45) is 3.89. The van der Waals surface area contributed by atoms with Crippen LogP contribution >= 0.6 is 0 Å². The van der Waals surface area contributed by atoms with Crippen molar-refractivity contribution >= 4 is 17.5 Å². The summed E-state index contributed by atoms with van der Waals surface area (Å²) in [5.74, 6) is -4.02. The van der Waals surface area contributed by atoms with Gasteiger partial charge in [-0.25, -0.2) is 4.79 Å². The second-order valence-corrected chi connectivity index (χ2v) is 12.8.